The molecule has 2 aromatic rings. The number of esters is 1. The highest BCUT2D eigenvalue weighted by Crippen LogP contribution is 2.33. The van der Waals surface area contributed by atoms with Crippen LogP contribution >= 0.6 is 15.9 Å². The van der Waals surface area contributed by atoms with Gasteiger partial charge in [0.15, 0.2) is 5.69 Å². The Morgan fingerprint density at radius 2 is 2.08 bits per heavy atom. The van der Waals surface area contributed by atoms with E-state index in [-0.39, 0.29) is 18.8 Å². The lowest BCUT2D eigenvalue weighted by Crippen LogP contribution is -2.27. The minimum absolute atomic E-state index is 0.195. The number of hydrogen-bond donors (Lipinski definition) is 1. The molecular formula is C17H21BrN2O4. The van der Waals surface area contributed by atoms with Crippen LogP contribution in [-0.4, -0.2) is 40.2 Å². The third-order valence-electron chi connectivity index (χ3n) is 3.24. The fraction of sp³-hybridized carbons (Fsp3) is 0.412. The molecule has 0 aliphatic carbocycles. The van der Waals surface area contributed by atoms with Crippen LogP contribution in [0.3, 0.4) is 0 Å². The number of halogens is 1. The lowest BCUT2D eigenvalue weighted by atomic mass is 10.1. The molecule has 1 N–H and O–H groups in total. The molecule has 0 aliphatic heterocycles. The van der Waals surface area contributed by atoms with E-state index in [1.165, 1.54) is 0 Å². The first kappa shape index (κ1) is 18.5. The van der Waals surface area contributed by atoms with E-state index in [0.29, 0.717) is 11.4 Å². The largest absolute Gasteiger partial charge is 0.496 e. The molecule has 0 fully saturated rings. The number of benzene rings is 1. The first-order valence-corrected chi connectivity index (χ1v) is 8.35. The zero-order valence-electron chi connectivity index (χ0n) is 14.2. The highest BCUT2D eigenvalue weighted by molar-refractivity contribution is 9.10. The van der Waals surface area contributed by atoms with E-state index in [1.807, 2.05) is 18.2 Å². The van der Waals surface area contributed by atoms with Gasteiger partial charge in [-0.3, -0.25) is 4.68 Å². The Morgan fingerprint density at radius 1 is 1.38 bits per heavy atom. The second-order valence-corrected chi connectivity index (χ2v) is 6.87. The average Bonchev–Trinajstić information content (AvgIpc) is 2.89. The lowest BCUT2D eigenvalue weighted by Gasteiger charge is -2.19. The molecule has 2 rings (SSSR count). The van der Waals surface area contributed by atoms with Crippen molar-refractivity contribution in [1.82, 2.24) is 9.78 Å². The molecule has 0 saturated heterocycles. The molecule has 130 valence electrons. The number of rotatable bonds is 6. The van der Waals surface area contributed by atoms with E-state index >= 15 is 0 Å². The quantitative estimate of drug-likeness (QED) is 0.758. The van der Waals surface area contributed by atoms with Gasteiger partial charge in [-0.15, -0.1) is 0 Å². The molecule has 0 radical (unpaired) electrons. The lowest BCUT2D eigenvalue weighted by molar-refractivity contribution is 0.0497. The van der Waals surface area contributed by atoms with Crippen molar-refractivity contribution in [3.8, 4) is 17.0 Å². The van der Waals surface area contributed by atoms with Crippen LogP contribution in [0.5, 0.6) is 5.75 Å². The van der Waals surface area contributed by atoms with Gasteiger partial charge in [0.05, 0.1) is 31.6 Å². The summed E-state index contributed by atoms with van der Waals surface area (Å²) in [5.74, 6) is 0.140. The van der Waals surface area contributed by atoms with Gasteiger partial charge in [-0.1, -0.05) is 15.9 Å². The summed E-state index contributed by atoms with van der Waals surface area (Å²) in [6.07, 6.45) is 0. The molecule has 0 saturated carbocycles. The fourth-order valence-corrected chi connectivity index (χ4v) is 2.64. The predicted molar refractivity (Wildman–Crippen MR) is 94.2 cm³/mol. The Bertz CT molecular complexity index is 735. The summed E-state index contributed by atoms with van der Waals surface area (Å²) < 4.78 is 12.9. The third-order valence-corrected chi connectivity index (χ3v) is 3.73. The van der Waals surface area contributed by atoms with Crippen LogP contribution < -0.4 is 4.74 Å². The van der Waals surface area contributed by atoms with Gasteiger partial charge in [0, 0.05) is 10.0 Å². The highest BCUT2D eigenvalue weighted by Gasteiger charge is 2.23. The summed E-state index contributed by atoms with van der Waals surface area (Å²) in [5, 5.41) is 14.5. The van der Waals surface area contributed by atoms with Crippen LogP contribution in [0.15, 0.2) is 28.7 Å². The fourth-order valence-electron chi connectivity index (χ4n) is 2.30. The van der Waals surface area contributed by atoms with Gasteiger partial charge in [-0.25, -0.2) is 4.79 Å². The summed E-state index contributed by atoms with van der Waals surface area (Å²) in [4.78, 5) is 12.0. The average molecular weight is 397 g/mol. The molecule has 0 amide bonds. The van der Waals surface area contributed by atoms with Crippen molar-refractivity contribution in [1.29, 1.82) is 0 Å². The molecule has 6 nitrogen and oxygen atoms in total. The predicted octanol–water partition coefficient (Wildman–Crippen LogP) is 3.27. The highest BCUT2D eigenvalue weighted by atomic mass is 79.9. The topological polar surface area (TPSA) is 73.6 Å². The molecule has 1 aromatic carbocycles. The van der Waals surface area contributed by atoms with E-state index in [0.717, 1.165) is 10.0 Å². The number of ether oxygens (including phenoxy) is 2. The zero-order chi connectivity index (χ0) is 17.9. The van der Waals surface area contributed by atoms with Crippen LogP contribution in [0.1, 0.15) is 31.3 Å². The summed E-state index contributed by atoms with van der Waals surface area (Å²) in [6, 6.07) is 7.23. The van der Waals surface area contributed by atoms with Crippen molar-refractivity contribution < 1.29 is 19.4 Å². The maximum Gasteiger partial charge on any atom is 0.358 e. The van der Waals surface area contributed by atoms with Crippen molar-refractivity contribution in [2.75, 3.05) is 13.7 Å². The Kier molecular flexibility index (Phi) is 5.66. The molecule has 0 atom stereocenters. The number of nitrogens with zero attached hydrogens (tertiary/aromatic N) is 2. The van der Waals surface area contributed by atoms with Gasteiger partial charge < -0.3 is 14.6 Å². The maximum atomic E-state index is 12.0. The van der Waals surface area contributed by atoms with Crippen molar-refractivity contribution >= 4 is 21.9 Å². The first-order chi connectivity index (χ1) is 11.2. The Morgan fingerprint density at radius 3 is 2.67 bits per heavy atom. The van der Waals surface area contributed by atoms with Crippen LogP contribution in [-0.2, 0) is 11.3 Å². The normalized spacial score (nSPS) is 11.4. The maximum absolute atomic E-state index is 12.0. The molecule has 1 heterocycles. The molecule has 1 aromatic heterocycles. The van der Waals surface area contributed by atoms with E-state index < -0.39 is 11.6 Å². The number of aromatic nitrogens is 2. The van der Waals surface area contributed by atoms with Gasteiger partial charge in [0.2, 0.25) is 0 Å². The Hall–Kier alpha value is -1.86. The SMILES string of the molecule is CCOC(=O)c1cc(-c2ccc(Br)cc2OC)n(CC(C)(C)O)n1. The number of carbonyl (C=O) groups is 1. The third kappa shape index (κ3) is 4.36. The van der Waals surface area contributed by atoms with Gasteiger partial charge >= 0.3 is 5.97 Å². The molecule has 24 heavy (non-hydrogen) atoms. The van der Waals surface area contributed by atoms with E-state index in [4.69, 9.17) is 9.47 Å². The minimum atomic E-state index is -0.991. The molecule has 7 heteroatoms. The van der Waals surface area contributed by atoms with E-state index in [9.17, 15) is 9.90 Å². The van der Waals surface area contributed by atoms with Crippen LogP contribution in [0.2, 0.25) is 0 Å². The van der Waals surface area contributed by atoms with Crippen molar-refractivity contribution in [3.63, 3.8) is 0 Å². The number of methoxy groups -OCH3 is 1. The van der Waals surface area contributed by atoms with Gasteiger partial charge in [-0.2, -0.15) is 5.10 Å². The number of hydrogen-bond acceptors (Lipinski definition) is 5. The molecule has 0 bridgehead atoms. The van der Waals surface area contributed by atoms with Crippen molar-refractivity contribution in [3.05, 3.63) is 34.4 Å². The van der Waals surface area contributed by atoms with E-state index in [1.54, 1.807) is 38.6 Å². The molecule has 0 unspecified atom stereocenters. The van der Waals surface area contributed by atoms with E-state index in [2.05, 4.69) is 21.0 Å². The van der Waals surface area contributed by atoms with Crippen molar-refractivity contribution in [2.45, 2.75) is 32.9 Å². The van der Waals surface area contributed by atoms with Gasteiger partial charge in [0.25, 0.3) is 0 Å². The van der Waals surface area contributed by atoms with Gasteiger partial charge in [0.1, 0.15) is 5.75 Å². The minimum Gasteiger partial charge on any atom is -0.496 e. The van der Waals surface area contributed by atoms with Crippen LogP contribution in [0.4, 0.5) is 0 Å². The molecule has 0 aliphatic rings. The Labute approximate surface area is 149 Å². The second-order valence-electron chi connectivity index (χ2n) is 5.95. The summed E-state index contributed by atoms with van der Waals surface area (Å²) in [6.45, 7) is 5.60. The summed E-state index contributed by atoms with van der Waals surface area (Å²) in [5.41, 5.74) is 0.647. The monoisotopic (exact) mass is 396 g/mol. The van der Waals surface area contributed by atoms with Crippen LogP contribution in [0.25, 0.3) is 11.3 Å². The molecular weight excluding hydrogens is 376 g/mol. The zero-order valence-corrected chi connectivity index (χ0v) is 15.8. The summed E-state index contributed by atoms with van der Waals surface area (Å²) in [7, 11) is 1.58. The summed E-state index contributed by atoms with van der Waals surface area (Å²) >= 11 is 3.41. The second kappa shape index (κ2) is 7.36. The standard InChI is InChI=1S/C17H21BrN2O4/c1-5-24-16(21)13-9-14(20(19-13)10-17(2,3)22)12-7-6-11(18)8-15(12)23-4/h6-9,22H,5,10H2,1-4H3. The Balaban J connectivity index is 2.56. The van der Waals surface area contributed by atoms with Crippen molar-refractivity contribution in [2.24, 2.45) is 0 Å². The van der Waals surface area contributed by atoms with Crippen LogP contribution in [0, 0.1) is 0 Å². The van der Waals surface area contributed by atoms with Gasteiger partial charge in [-0.05, 0) is 45.0 Å². The number of carbonyl (C=O) groups excluding carboxylic acids is 1. The first-order valence-electron chi connectivity index (χ1n) is 7.56. The molecule has 0 spiro atoms. The smallest absolute Gasteiger partial charge is 0.358 e. The number of aliphatic hydroxyl groups is 1.